The molecule has 0 radical (unpaired) electrons. The number of carbonyl (C=O) groups excluding carboxylic acids is 1. The molecule has 3 aromatic rings. The van der Waals surface area contributed by atoms with Crippen LogP contribution < -0.4 is 5.32 Å². The number of alkyl halides is 3. The first-order chi connectivity index (χ1) is 13.5. The second-order valence-corrected chi connectivity index (χ2v) is 7.16. The second-order valence-electron chi connectivity index (χ2n) is 6.37. The van der Waals surface area contributed by atoms with Gasteiger partial charge in [-0.2, -0.15) is 13.2 Å². The van der Waals surface area contributed by atoms with Crippen LogP contribution in [0.3, 0.4) is 0 Å². The van der Waals surface area contributed by atoms with Crippen molar-refractivity contribution in [1.29, 1.82) is 0 Å². The fourth-order valence-corrected chi connectivity index (χ4v) is 3.37. The van der Waals surface area contributed by atoms with E-state index < -0.39 is 24.4 Å². The summed E-state index contributed by atoms with van der Waals surface area (Å²) in [6.45, 7) is 0. The number of halogens is 5. The Morgan fingerprint density at radius 1 is 1.07 bits per heavy atom. The van der Waals surface area contributed by atoms with E-state index in [9.17, 15) is 18.0 Å². The number of hydrogen-bond acceptors (Lipinski definition) is 3. The molecule has 2 aromatic carbocycles. The Labute approximate surface area is 173 Å². The molecule has 0 aliphatic carbocycles. The summed E-state index contributed by atoms with van der Waals surface area (Å²) in [5.41, 5.74) is 0.284. The summed E-state index contributed by atoms with van der Waals surface area (Å²) >= 11 is 12.1. The number of hydrogen-bond donors (Lipinski definition) is 3. The lowest BCUT2D eigenvalue weighted by Gasteiger charge is -2.22. The van der Waals surface area contributed by atoms with Gasteiger partial charge in [0.2, 0.25) is 0 Å². The van der Waals surface area contributed by atoms with Gasteiger partial charge in [-0.25, -0.2) is 0 Å². The number of benzene rings is 2. The van der Waals surface area contributed by atoms with Crippen LogP contribution in [0.2, 0.25) is 10.0 Å². The molecule has 3 N–H and O–H groups in total. The molecule has 1 amide bonds. The number of fused-ring (bicyclic) bond motifs is 1. The number of aliphatic hydroxyl groups excluding tert-OH is 1. The van der Waals surface area contributed by atoms with Gasteiger partial charge in [0.15, 0.2) is 12.3 Å². The summed E-state index contributed by atoms with van der Waals surface area (Å²) in [4.78, 5) is 12.6. The van der Waals surface area contributed by atoms with E-state index in [4.69, 9.17) is 33.4 Å². The maximum absolute atomic E-state index is 13.6. The fourth-order valence-electron chi connectivity index (χ4n) is 2.99. The molecule has 10 heteroatoms. The molecule has 1 aromatic heterocycles. The van der Waals surface area contributed by atoms with Crippen LogP contribution in [0.15, 0.2) is 42.5 Å². The zero-order valence-corrected chi connectivity index (χ0v) is 16.3. The smallest absolute Gasteiger partial charge is 0.364 e. The Bertz CT molecular complexity index is 1060. The van der Waals surface area contributed by atoms with Crippen molar-refractivity contribution in [3.63, 3.8) is 0 Å². The van der Waals surface area contributed by atoms with Crippen LogP contribution in [-0.4, -0.2) is 26.9 Å². The molecule has 1 heterocycles. The van der Waals surface area contributed by atoms with Crippen molar-refractivity contribution < 1.29 is 28.2 Å². The van der Waals surface area contributed by atoms with Crippen molar-refractivity contribution in [3.05, 3.63) is 69.3 Å². The molecule has 0 aliphatic heterocycles. The number of amides is 1. The maximum Gasteiger partial charge on any atom is 0.412 e. The number of rotatable bonds is 4. The minimum absolute atomic E-state index is 0.0270. The average Bonchev–Trinajstić information content (AvgIpc) is 2.99. The predicted molar refractivity (Wildman–Crippen MR) is 103 cm³/mol. The van der Waals surface area contributed by atoms with E-state index in [0.717, 1.165) is 24.3 Å². The number of nitrogens with one attached hydrogen (secondary N) is 1. The molecule has 0 saturated carbocycles. The third kappa shape index (κ3) is 4.20. The highest BCUT2D eigenvalue weighted by atomic mass is 35.5. The lowest BCUT2D eigenvalue weighted by Crippen LogP contribution is -2.38. The van der Waals surface area contributed by atoms with Crippen LogP contribution in [0.5, 0.6) is 0 Å². The predicted octanol–water partition coefficient (Wildman–Crippen LogP) is 4.50. The monoisotopic (exact) mass is 446 g/mol. The zero-order chi connectivity index (χ0) is 21.5. The molecule has 0 aliphatic rings. The van der Waals surface area contributed by atoms with Crippen molar-refractivity contribution in [1.82, 2.24) is 9.88 Å². The van der Waals surface area contributed by atoms with Gasteiger partial charge in [0.05, 0.1) is 10.0 Å². The molecule has 154 valence electrons. The summed E-state index contributed by atoms with van der Waals surface area (Å²) in [7, 11) is 1.53. The normalized spacial score (nSPS) is 13.1. The highest BCUT2D eigenvalue weighted by molar-refractivity contribution is 6.45. The van der Waals surface area contributed by atoms with Crippen molar-refractivity contribution in [2.75, 3.05) is 0 Å². The summed E-state index contributed by atoms with van der Waals surface area (Å²) < 4.78 is 42.2. The molecule has 1 unspecified atom stereocenters. The SMILES string of the molecule is Cn1c(C(=O)NC(c2ccc(C(O)O)cc2)C(F)(F)F)cc2c(Cl)c(Cl)ccc21. The highest BCUT2D eigenvalue weighted by Crippen LogP contribution is 2.35. The van der Waals surface area contributed by atoms with Crippen molar-refractivity contribution in [2.45, 2.75) is 18.5 Å². The highest BCUT2D eigenvalue weighted by Gasteiger charge is 2.42. The van der Waals surface area contributed by atoms with Crippen LogP contribution in [0.1, 0.15) is 33.9 Å². The summed E-state index contributed by atoms with van der Waals surface area (Å²) in [6.07, 6.45) is -6.59. The molecule has 29 heavy (non-hydrogen) atoms. The van der Waals surface area contributed by atoms with E-state index in [0.29, 0.717) is 10.9 Å². The van der Waals surface area contributed by atoms with Crippen molar-refractivity contribution in [2.24, 2.45) is 7.05 Å². The average molecular weight is 447 g/mol. The number of aryl methyl sites for hydroxylation is 1. The molecule has 5 nitrogen and oxygen atoms in total. The molecule has 1 atom stereocenters. The van der Waals surface area contributed by atoms with Gasteiger partial charge in [0, 0.05) is 23.5 Å². The molecular formula is C19H15Cl2F3N2O3. The van der Waals surface area contributed by atoms with Crippen molar-refractivity contribution >= 4 is 40.0 Å². The Balaban J connectivity index is 1.96. The van der Waals surface area contributed by atoms with Crippen molar-refractivity contribution in [3.8, 4) is 0 Å². The Morgan fingerprint density at radius 2 is 1.66 bits per heavy atom. The van der Waals surface area contributed by atoms with Crippen LogP contribution in [0, 0.1) is 0 Å². The number of aromatic nitrogens is 1. The van der Waals surface area contributed by atoms with E-state index in [1.54, 1.807) is 6.07 Å². The van der Waals surface area contributed by atoms with Crippen LogP contribution >= 0.6 is 23.2 Å². The summed E-state index contributed by atoms with van der Waals surface area (Å²) in [6, 6.07) is 6.66. The minimum Gasteiger partial charge on any atom is -0.364 e. The molecule has 0 spiro atoms. The summed E-state index contributed by atoms with van der Waals surface area (Å²) in [5.74, 6) is -0.954. The van der Waals surface area contributed by atoms with Gasteiger partial charge < -0.3 is 20.1 Å². The van der Waals surface area contributed by atoms with E-state index in [-0.39, 0.29) is 26.9 Å². The van der Waals surface area contributed by atoms with E-state index >= 15 is 0 Å². The van der Waals surface area contributed by atoms with E-state index in [1.165, 1.54) is 23.7 Å². The number of carbonyl (C=O) groups is 1. The first kappa shape index (κ1) is 21.4. The Kier molecular flexibility index (Phi) is 5.82. The number of aliphatic hydroxyl groups is 2. The summed E-state index contributed by atoms with van der Waals surface area (Å²) in [5, 5.41) is 21.1. The quantitative estimate of drug-likeness (QED) is 0.516. The largest absolute Gasteiger partial charge is 0.412 e. The molecule has 3 rings (SSSR count). The third-order valence-electron chi connectivity index (χ3n) is 4.52. The third-order valence-corrected chi connectivity index (χ3v) is 5.34. The second kappa shape index (κ2) is 7.87. The van der Waals surface area contributed by atoms with Gasteiger partial charge in [-0.15, -0.1) is 0 Å². The first-order valence-electron chi connectivity index (χ1n) is 8.27. The Morgan fingerprint density at radius 3 is 2.21 bits per heavy atom. The van der Waals surface area contributed by atoms with Gasteiger partial charge in [0.1, 0.15) is 5.69 Å². The standard InChI is InChI=1S/C19H15Cl2F3N2O3/c1-26-13-7-6-12(20)15(21)11(13)8-14(26)17(27)25-16(19(22,23)24)9-2-4-10(5-3-9)18(28)29/h2-8,16,18,28-29H,1H3,(H,25,27). The Hall–Kier alpha value is -2.26. The van der Waals surface area contributed by atoms with E-state index in [1.807, 2.05) is 5.32 Å². The molecular weight excluding hydrogens is 432 g/mol. The maximum atomic E-state index is 13.6. The molecule has 0 fully saturated rings. The van der Waals surface area contributed by atoms with Gasteiger partial charge in [-0.3, -0.25) is 4.79 Å². The fraction of sp³-hybridized carbons (Fsp3) is 0.211. The molecule has 0 saturated heterocycles. The van der Waals surface area contributed by atoms with E-state index in [2.05, 4.69) is 0 Å². The lowest BCUT2D eigenvalue weighted by molar-refractivity contribution is -0.155. The van der Waals surface area contributed by atoms with Crippen LogP contribution in [-0.2, 0) is 7.05 Å². The first-order valence-corrected chi connectivity index (χ1v) is 9.03. The topological polar surface area (TPSA) is 74.5 Å². The lowest BCUT2D eigenvalue weighted by atomic mass is 10.0. The molecule has 0 bridgehead atoms. The van der Waals surface area contributed by atoms with Gasteiger partial charge in [-0.1, -0.05) is 47.5 Å². The van der Waals surface area contributed by atoms with Gasteiger partial charge in [-0.05, 0) is 23.8 Å². The number of nitrogens with zero attached hydrogens (tertiary/aromatic N) is 1. The van der Waals surface area contributed by atoms with Crippen LogP contribution in [0.4, 0.5) is 13.2 Å². The van der Waals surface area contributed by atoms with Crippen LogP contribution in [0.25, 0.3) is 10.9 Å². The van der Waals surface area contributed by atoms with Gasteiger partial charge in [0.25, 0.3) is 5.91 Å². The minimum atomic E-state index is -4.78. The zero-order valence-electron chi connectivity index (χ0n) is 14.8. The van der Waals surface area contributed by atoms with Gasteiger partial charge >= 0.3 is 6.18 Å².